The Balaban J connectivity index is 2.58. The molecule has 1 rings (SSSR count). The van der Waals surface area contributed by atoms with Crippen LogP contribution >= 0.6 is 0 Å². The Bertz CT molecular complexity index is 159. The van der Waals surface area contributed by atoms with Crippen LogP contribution in [0.15, 0.2) is 0 Å². The molecule has 1 fully saturated rings. The van der Waals surface area contributed by atoms with Gasteiger partial charge >= 0.3 is 0 Å². The van der Waals surface area contributed by atoms with E-state index in [0.717, 1.165) is 0 Å². The van der Waals surface area contributed by atoms with Gasteiger partial charge in [-0.3, -0.25) is 0 Å². The van der Waals surface area contributed by atoms with Gasteiger partial charge in [-0.1, -0.05) is 0 Å². The lowest BCUT2D eigenvalue weighted by molar-refractivity contribution is -0.0235. The number of hydrogen-bond acceptors (Lipinski definition) is 2. The summed E-state index contributed by atoms with van der Waals surface area (Å²) in [4.78, 5) is 0. The van der Waals surface area contributed by atoms with Crippen LogP contribution in [0.5, 0.6) is 0 Å². The molecule has 10 heavy (non-hydrogen) atoms. The number of ether oxygens (including phenoxy) is 1. The highest BCUT2D eigenvalue weighted by Crippen LogP contribution is 2.28. The van der Waals surface area contributed by atoms with Crippen molar-refractivity contribution in [3.8, 4) is 12.3 Å². The Morgan fingerprint density at radius 3 is 3.00 bits per heavy atom. The van der Waals surface area contributed by atoms with E-state index < -0.39 is 5.60 Å². The maximum atomic E-state index is 9.69. The molecule has 2 unspecified atom stereocenters. The molecule has 0 aliphatic carbocycles. The van der Waals surface area contributed by atoms with E-state index in [9.17, 15) is 5.11 Å². The predicted molar refractivity (Wildman–Crippen MR) is 38.4 cm³/mol. The van der Waals surface area contributed by atoms with E-state index in [1.165, 1.54) is 0 Å². The summed E-state index contributed by atoms with van der Waals surface area (Å²) >= 11 is 0. The lowest BCUT2D eigenvalue weighted by Gasteiger charge is -2.22. The molecule has 2 heteroatoms. The van der Waals surface area contributed by atoms with E-state index in [2.05, 4.69) is 5.92 Å². The van der Waals surface area contributed by atoms with Crippen molar-refractivity contribution in [3.05, 3.63) is 0 Å². The van der Waals surface area contributed by atoms with E-state index in [-0.39, 0.29) is 6.10 Å². The first-order valence-corrected chi connectivity index (χ1v) is 3.46. The van der Waals surface area contributed by atoms with Crippen molar-refractivity contribution in [3.63, 3.8) is 0 Å². The summed E-state index contributed by atoms with van der Waals surface area (Å²) < 4.78 is 5.18. The van der Waals surface area contributed by atoms with Crippen LogP contribution in [-0.4, -0.2) is 23.4 Å². The van der Waals surface area contributed by atoms with Gasteiger partial charge in [0.1, 0.15) is 5.60 Å². The smallest absolute Gasteiger partial charge is 0.104 e. The van der Waals surface area contributed by atoms with Gasteiger partial charge in [-0.15, -0.1) is 12.3 Å². The molecule has 0 saturated carbocycles. The standard InChI is InChI=1S/C8H12O2/c1-3-4-8(9)5-6-10-7(8)2/h1,7,9H,4-6H2,2H3. The fourth-order valence-electron chi connectivity index (χ4n) is 1.18. The average molecular weight is 140 g/mol. The summed E-state index contributed by atoms with van der Waals surface area (Å²) in [6.07, 6.45) is 6.04. The minimum absolute atomic E-state index is 0.108. The maximum absolute atomic E-state index is 9.69. The van der Waals surface area contributed by atoms with Gasteiger partial charge in [0.05, 0.1) is 6.10 Å². The van der Waals surface area contributed by atoms with Crippen molar-refractivity contribution < 1.29 is 9.84 Å². The van der Waals surface area contributed by atoms with Crippen LogP contribution in [0.25, 0.3) is 0 Å². The maximum Gasteiger partial charge on any atom is 0.104 e. The molecule has 1 saturated heterocycles. The zero-order valence-corrected chi connectivity index (χ0v) is 6.13. The summed E-state index contributed by atoms with van der Waals surface area (Å²) in [7, 11) is 0. The third kappa shape index (κ3) is 1.16. The zero-order valence-electron chi connectivity index (χ0n) is 6.13. The van der Waals surface area contributed by atoms with Gasteiger partial charge in [-0.25, -0.2) is 0 Å². The molecule has 1 aliphatic rings. The lowest BCUT2D eigenvalue weighted by atomic mass is 9.93. The molecule has 2 atom stereocenters. The molecule has 56 valence electrons. The first-order chi connectivity index (χ1) is 4.69. The SMILES string of the molecule is C#CCC1(O)CCOC1C. The van der Waals surface area contributed by atoms with E-state index >= 15 is 0 Å². The van der Waals surface area contributed by atoms with Gasteiger partial charge in [-0.05, 0) is 6.92 Å². The molecule has 1 N–H and O–H groups in total. The van der Waals surface area contributed by atoms with Gasteiger partial charge in [-0.2, -0.15) is 0 Å². The molecule has 0 aromatic heterocycles. The Labute approximate surface area is 61.2 Å². The summed E-state index contributed by atoms with van der Waals surface area (Å²) in [5.74, 6) is 2.45. The quantitative estimate of drug-likeness (QED) is 0.539. The summed E-state index contributed by atoms with van der Waals surface area (Å²) in [6.45, 7) is 2.48. The van der Waals surface area contributed by atoms with E-state index in [1.807, 2.05) is 6.92 Å². The second-order valence-electron chi connectivity index (χ2n) is 2.75. The molecule has 1 heterocycles. The Kier molecular flexibility index (Phi) is 1.98. The number of rotatable bonds is 1. The lowest BCUT2D eigenvalue weighted by Crippen LogP contribution is -2.35. The molecular formula is C8H12O2. The monoisotopic (exact) mass is 140 g/mol. The molecule has 0 spiro atoms. The minimum Gasteiger partial charge on any atom is -0.386 e. The summed E-state index contributed by atoms with van der Waals surface area (Å²) in [6, 6.07) is 0. The number of terminal acetylenes is 1. The molecule has 0 amide bonds. The van der Waals surface area contributed by atoms with Crippen molar-refractivity contribution in [1.29, 1.82) is 0 Å². The van der Waals surface area contributed by atoms with Crippen molar-refractivity contribution in [2.24, 2.45) is 0 Å². The zero-order chi connectivity index (χ0) is 7.61. The minimum atomic E-state index is -0.755. The van der Waals surface area contributed by atoms with Crippen LogP contribution < -0.4 is 0 Å². The second kappa shape index (κ2) is 2.61. The molecule has 0 aromatic rings. The second-order valence-corrected chi connectivity index (χ2v) is 2.75. The van der Waals surface area contributed by atoms with E-state index in [1.54, 1.807) is 0 Å². The molecule has 0 radical (unpaired) electrons. The highest BCUT2D eigenvalue weighted by molar-refractivity contribution is 5.00. The first-order valence-electron chi connectivity index (χ1n) is 3.46. The third-order valence-corrected chi connectivity index (χ3v) is 2.07. The number of aliphatic hydroxyl groups is 1. The molecule has 0 aromatic carbocycles. The summed E-state index contributed by atoms with van der Waals surface area (Å²) in [5.41, 5.74) is -0.755. The van der Waals surface area contributed by atoms with Crippen LogP contribution in [0.1, 0.15) is 19.8 Å². The highest BCUT2D eigenvalue weighted by atomic mass is 16.5. The van der Waals surface area contributed by atoms with Crippen LogP contribution in [0.3, 0.4) is 0 Å². The summed E-state index contributed by atoms with van der Waals surface area (Å²) in [5, 5.41) is 9.69. The van der Waals surface area contributed by atoms with Gasteiger partial charge in [0, 0.05) is 19.4 Å². The van der Waals surface area contributed by atoms with E-state index in [0.29, 0.717) is 19.4 Å². The highest BCUT2D eigenvalue weighted by Gasteiger charge is 2.38. The van der Waals surface area contributed by atoms with Crippen molar-refractivity contribution in [2.75, 3.05) is 6.61 Å². The third-order valence-electron chi connectivity index (χ3n) is 2.07. The topological polar surface area (TPSA) is 29.5 Å². The fourth-order valence-corrected chi connectivity index (χ4v) is 1.18. The number of hydrogen-bond donors (Lipinski definition) is 1. The molecule has 1 aliphatic heterocycles. The van der Waals surface area contributed by atoms with Gasteiger partial charge < -0.3 is 9.84 Å². The molecular weight excluding hydrogens is 128 g/mol. The average Bonchev–Trinajstić information content (AvgIpc) is 2.15. The van der Waals surface area contributed by atoms with Gasteiger partial charge in [0.25, 0.3) is 0 Å². The van der Waals surface area contributed by atoms with Crippen LogP contribution in [0.2, 0.25) is 0 Å². The molecule has 2 nitrogen and oxygen atoms in total. The van der Waals surface area contributed by atoms with Gasteiger partial charge in [0.2, 0.25) is 0 Å². The Morgan fingerprint density at radius 2 is 2.60 bits per heavy atom. The predicted octanol–water partition coefficient (Wildman–Crippen LogP) is 0.550. The van der Waals surface area contributed by atoms with Crippen LogP contribution in [0, 0.1) is 12.3 Å². The van der Waals surface area contributed by atoms with Crippen LogP contribution in [-0.2, 0) is 4.74 Å². The molecule has 0 bridgehead atoms. The fraction of sp³-hybridized carbons (Fsp3) is 0.750. The van der Waals surface area contributed by atoms with Crippen LogP contribution in [0.4, 0.5) is 0 Å². The Morgan fingerprint density at radius 1 is 1.90 bits per heavy atom. The van der Waals surface area contributed by atoms with E-state index in [4.69, 9.17) is 11.2 Å². The largest absolute Gasteiger partial charge is 0.386 e. The van der Waals surface area contributed by atoms with Crippen molar-refractivity contribution in [1.82, 2.24) is 0 Å². The van der Waals surface area contributed by atoms with Gasteiger partial charge in [0.15, 0.2) is 0 Å². The normalized spacial score (nSPS) is 39.5. The van der Waals surface area contributed by atoms with Crippen molar-refractivity contribution >= 4 is 0 Å². The first kappa shape index (κ1) is 7.59. The Hall–Kier alpha value is -0.520. The van der Waals surface area contributed by atoms with Crippen molar-refractivity contribution in [2.45, 2.75) is 31.5 Å².